The molecule has 0 atom stereocenters. The second-order valence-corrected chi connectivity index (χ2v) is 5.09. The SMILES string of the molecule is O=C([O-])CN(CC(=O)[O-])c1ccc(N=Nc2ccc([N+](=O)[O-])cc2)cc1.[K+].[K+]. The molecule has 12 heteroatoms. The average molecular weight is 434 g/mol. The fourth-order valence-electron chi connectivity index (χ4n) is 2.04. The van der Waals surface area contributed by atoms with Crippen molar-refractivity contribution in [1.29, 1.82) is 0 Å². The third-order valence-electron chi connectivity index (χ3n) is 3.20. The van der Waals surface area contributed by atoms with E-state index >= 15 is 0 Å². The van der Waals surface area contributed by atoms with Gasteiger partial charge in [0.05, 0.1) is 41.3 Å². The number of carboxylic acid groups (broad SMARTS) is 2. The van der Waals surface area contributed by atoms with Crippen LogP contribution in [0.4, 0.5) is 22.7 Å². The summed E-state index contributed by atoms with van der Waals surface area (Å²) in [7, 11) is 0. The molecule has 2 aromatic carbocycles. The summed E-state index contributed by atoms with van der Waals surface area (Å²) in [6.45, 7) is -1.20. The number of nitro benzene ring substituents is 1. The Bertz CT molecular complexity index is 827. The first-order valence-electron chi connectivity index (χ1n) is 7.26. The molecule has 0 radical (unpaired) electrons. The van der Waals surface area contributed by atoms with Gasteiger partial charge in [-0.2, -0.15) is 10.2 Å². The maximum atomic E-state index is 10.7. The standard InChI is InChI=1S/C16H14N4O6.2K/c21-15(22)9-19(10-16(23)24)13-5-1-11(2-6-13)17-18-12-3-7-14(8-4-12)20(25)26;;/h1-8H,9-10H2,(H,21,22)(H,23,24);;/q;2*+1/p-2. The number of azo groups is 1. The number of hydrogen-bond acceptors (Lipinski definition) is 9. The van der Waals surface area contributed by atoms with E-state index in [0.29, 0.717) is 17.1 Å². The van der Waals surface area contributed by atoms with E-state index in [1.54, 1.807) is 0 Å². The van der Waals surface area contributed by atoms with Gasteiger partial charge in [-0.3, -0.25) is 10.1 Å². The van der Waals surface area contributed by atoms with E-state index in [1.165, 1.54) is 48.5 Å². The van der Waals surface area contributed by atoms with Gasteiger partial charge in [0.2, 0.25) is 0 Å². The monoisotopic (exact) mass is 434 g/mol. The van der Waals surface area contributed by atoms with Crippen LogP contribution < -0.4 is 118 Å². The number of rotatable bonds is 8. The number of nitrogens with zero attached hydrogens (tertiary/aromatic N) is 4. The minimum absolute atomic E-state index is 0. The summed E-state index contributed by atoms with van der Waals surface area (Å²) in [5, 5.41) is 39.9. The predicted molar refractivity (Wildman–Crippen MR) is 85.9 cm³/mol. The molecule has 0 saturated heterocycles. The molecule has 0 aliphatic rings. The second-order valence-electron chi connectivity index (χ2n) is 5.09. The Morgan fingerprint density at radius 1 is 0.821 bits per heavy atom. The maximum Gasteiger partial charge on any atom is 1.00 e. The summed E-state index contributed by atoms with van der Waals surface area (Å²) < 4.78 is 0. The molecule has 0 bridgehead atoms. The maximum absolute atomic E-state index is 10.7. The minimum Gasteiger partial charge on any atom is -0.548 e. The predicted octanol–water partition coefficient (Wildman–Crippen LogP) is -5.68. The summed E-state index contributed by atoms with van der Waals surface area (Å²) in [6, 6.07) is 11.5. The smallest absolute Gasteiger partial charge is 0.548 e. The summed E-state index contributed by atoms with van der Waals surface area (Å²) in [6.07, 6.45) is 0. The van der Waals surface area contributed by atoms with E-state index in [2.05, 4.69) is 10.2 Å². The molecule has 0 aromatic heterocycles. The molecule has 0 aliphatic heterocycles. The van der Waals surface area contributed by atoms with Gasteiger partial charge in [-0.1, -0.05) is 0 Å². The van der Waals surface area contributed by atoms with Crippen molar-refractivity contribution in [2.75, 3.05) is 18.0 Å². The van der Waals surface area contributed by atoms with Crippen LogP contribution in [0.1, 0.15) is 0 Å². The molecule has 0 aliphatic carbocycles. The Balaban J connectivity index is 0.00000364. The van der Waals surface area contributed by atoms with Crippen LogP contribution in [-0.2, 0) is 9.59 Å². The Morgan fingerprint density at radius 3 is 1.57 bits per heavy atom. The van der Waals surface area contributed by atoms with Crippen molar-refractivity contribution in [2.24, 2.45) is 10.2 Å². The summed E-state index contributed by atoms with van der Waals surface area (Å²) in [4.78, 5) is 32.6. The topological polar surface area (TPSA) is 151 Å². The van der Waals surface area contributed by atoms with Gasteiger partial charge < -0.3 is 24.7 Å². The van der Waals surface area contributed by atoms with Gasteiger partial charge in [0.25, 0.3) is 5.69 Å². The van der Waals surface area contributed by atoms with Gasteiger partial charge in [-0.25, -0.2) is 0 Å². The molecule has 134 valence electrons. The molecule has 0 saturated carbocycles. The second kappa shape index (κ2) is 13.6. The number of aliphatic carboxylic acids is 2. The zero-order chi connectivity index (χ0) is 19.1. The van der Waals surface area contributed by atoms with Crippen LogP contribution in [0.25, 0.3) is 0 Å². The number of hydrogen-bond donors (Lipinski definition) is 0. The summed E-state index contributed by atoms with van der Waals surface area (Å²) in [5.41, 5.74) is 1.12. The van der Waals surface area contributed by atoms with E-state index in [9.17, 15) is 29.9 Å². The Kier molecular flexibility index (Phi) is 13.4. The molecule has 0 N–H and O–H groups in total. The van der Waals surface area contributed by atoms with Gasteiger partial charge in [0, 0.05) is 17.8 Å². The zero-order valence-electron chi connectivity index (χ0n) is 15.3. The Labute approximate surface area is 245 Å². The van der Waals surface area contributed by atoms with E-state index < -0.39 is 30.0 Å². The number of carbonyl (C=O) groups is 2. The quantitative estimate of drug-likeness (QED) is 0.174. The molecule has 2 rings (SSSR count). The fourth-order valence-corrected chi connectivity index (χ4v) is 2.04. The van der Waals surface area contributed by atoms with E-state index in [4.69, 9.17) is 0 Å². The first-order chi connectivity index (χ1) is 12.3. The third-order valence-corrected chi connectivity index (χ3v) is 3.20. The third kappa shape index (κ3) is 9.30. The van der Waals surface area contributed by atoms with E-state index in [0.717, 1.165) is 4.90 Å². The van der Waals surface area contributed by atoms with Gasteiger partial charge in [0.15, 0.2) is 0 Å². The first kappa shape index (κ1) is 27.5. The molecule has 10 nitrogen and oxygen atoms in total. The largest absolute Gasteiger partial charge is 1.00 e. The van der Waals surface area contributed by atoms with Crippen molar-refractivity contribution in [2.45, 2.75) is 0 Å². The van der Waals surface area contributed by atoms with Crippen LogP contribution in [0.15, 0.2) is 58.8 Å². The van der Waals surface area contributed by atoms with Crippen LogP contribution >= 0.6 is 0 Å². The van der Waals surface area contributed by atoms with Crippen molar-refractivity contribution in [3.63, 3.8) is 0 Å². The molecule has 2 aromatic rings. The number of carboxylic acids is 2. The molecule has 0 spiro atoms. The van der Waals surface area contributed by atoms with Gasteiger partial charge >= 0.3 is 103 Å². The molecule has 0 fully saturated rings. The number of non-ortho nitro benzene ring substituents is 1. The van der Waals surface area contributed by atoms with Crippen LogP contribution in [0, 0.1) is 10.1 Å². The minimum atomic E-state index is -1.42. The van der Waals surface area contributed by atoms with Crippen molar-refractivity contribution >= 4 is 34.7 Å². The van der Waals surface area contributed by atoms with E-state index in [-0.39, 0.29) is 108 Å². The molecule has 0 unspecified atom stereocenters. The van der Waals surface area contributed by atoms with Crippen LogP contribution in [0.5, 0.6) is 0 Å². The van der Waals surface area contributed by atoms with Crippen LogP contribution in [0.2, 0.25) is 0 Å². The van der Waals surface area contributed by atoms with Crippen molar-refractivity contribution < 1.29 is 127 Å². The molecular formula is C16H12K2N4O6. The molecule has 0 amide bonds. The fraction of sp³-hybridized carbons (Fsp3) is 0.125. The average Bonchev–Trinajstić information content (AvgIpc) is 2.59. The van der Waals surface area contributed by atoms with E-state index in [1.807, 2.05) is 0 Å². The van der Waals surface area contributed by atoms with Gasteiger partial charge in [-0.15, -0.1) is 0 Å². The Hall–Kier alpha value is -0.547. The summed E-state index contributed by atoms with van der Waals surface area (Å²) >= 11 is 0. The number of benzene rings is 2. The van der Waals surface area contributed by atoms with Crippen molar-refractivity contribution in [3.8, 4) is 0 Å². The van der Waals surface area contributed by atoms with Crippen LogP contribution in [-0.4, -0.2) is 30.0 Å². The normalized spacial score (nSPS) is 9.86. The van der Waals surface area contributed by atoms with Crippen molar-refractivity contribution in [1.82, 2.24) is 0 Å². The van der Waals surface area contributed by atoms with Crippen molar-refractivity contribution in [3.05, 3.63) is 58.6 Å². The van der Waals surface area contributed by atoms with Crippen LogP contribution in [0.3, 0.4) is 0 Å². The first-order valence-corrected chi connectivity index (χ1v) is 7.26. The molecular weight excluding hydrogens is 422 g/mol. The Morgan fingerprint density at radius 2 is 1.21 bits per heavy atom. The molecule has 0 heterocycles. The number of anilines is 1. The number of nitro groups is 1. The van der Waals surface area contributed by atoms with Gasteiger partial charge in [-0.05, 0) is 36.4 Å². The number of carbonyl (C=O) groups excluding carboxylic acids is 2. The summed E-state index contributed by atoms with van der Waals surface area (Å²) in [5.74, 6) is -2.85. The van der Waals surface area contributed by atoms with Gasteiger partial charge in [0.1, 0.15) is 0 Å². The zero-order valence-corrected chi connectivity index (χ0v) is 21.5. The molecule has 28 heavy (non-hydrogen) atoms.